The van der Waals surface area contributed by atoms with E-state index >= 15 is 0 Å². The Morgan fingerprint density at radius 3 is 2.63 bits per heavy atom. The molecule has 2 heterocycles. The highest BCUT2D eigenvalue weighted by molar-refractivity contribution is 5.74. The number of benzene rings is 1. The van der Waals surface area contributed by atoms with Gasteiger partial charge in [0, 0.05) is 25.8 Å². The van der Waals surface area contributed by atoms with Crippen LogP contribution in [0.1, 0.15) is 31.0 Å². The van der Waals surface area contributed by atoms with Crippen molar-refractivity contribution in [2.45, 2.75) is 26.4 Å². The summed E-state index contributed by atoms with van der Waals surface area (Å²) in [5.41, 5.74) is 2.14. The van der Waals surface area contributed by atoms with Gasteiger partial charge in [0.25, 0.3) is 0 Å². The highest BCUT2D eigenvalue weighted by Gasteiger charge is 2.18. The van der Waals surface area contributed by atoms with E-state index in [1.54, 1.807) is 6.20 Å². The molecule has 1 atom stereocenters. The molecule has 0 unspecified atom stereocenters. The largest absolute Gasteiger partial charge is 0.378 e. The highest BCUT2D eigenvalue weighted by atomic mass is 16.5. The van der Waals surface area contributed by atoms with Gasteiger partial charge in [0.1, 0.15) is 5.82 Å². The van der Waals surface area contributed by atoms with Gasteiger partial charge in [-0.3, -0.25) is 0 Å². The van der Waals surface area contributed by atoms with E-state index in [0.717, 1.165) is 43.2 Å². The van der Waals surface area contributed by atoms with Gasteiger partial charge in [-0.05, 0) is 29.2 Å². The molecule has 2 N–H and O–H groups in total. The minimum Gasteiger partial charge on any atom is -0.378 e. The Balaban J connectivity index is 1.57. The summed E-state index contributed by atoms with van der Waals surface area (Å²) in [4.78, 5) is 19.1. The van der Waals surface area contributed by atoms with Crippen LogP contribution in [0.5, 0.6) is 0 Å². The van der Waals surface area contributed by atoms with Crippen molar-refractivity contribution in [2.75, 3.05) is 31.2 Å². The summed E-state index contributed by atoms with van der Waals surface area (Å²) < 4.78 is 5.39. The first-order valence-electron chi connectivity index (χ1n) is 9.50. The summed E-state index contributed by atoms with van der Waals surface area (Å²) in [5.74, 6) is 1.23. The van der Waals surface area contributed by atoms with Crippen LogP contribution in [0.2, 0.25) is 0 Å². The Labute approximate surface area is 160 Å². The molecule has 1 aromatic carbocycles. The van der Waals surface area contributed by atoms with E-state index in [1.165, 1.54) is 0 Å². The standard InChI is InChI=1S/C21H28N4O2/c1-16(2)20(18-6-4-3-5-7-18)24-21(26)23-15-17-8-9-22-19(14-17)25-10-12-27-13-11-25/h3-9,14,16,20H,10-13,15H2,1-2H3,(H2,23,24,26)/t20-/m1/s1. The molecule has 2 aromatic rings. The number of pyridine rings is 1. The molecule has 1 aliphatic rings. The number of aromatic nitrogens is 1. The van der Waals surface area contributed by atoms with Crippen molar-refractivity contribution in [2.24, 2.45) is 5.92 Å². The smallest absolute Gasteiger partial charge is 0.315 e. The number of morpholine rings is 1. The molecule has 1 aromatic heterocycles. The van der Waals surface area contributed by atoms with Gasteiger partial charge in [-0.15, -0.1) is 0 Å². The second-order valence-corrected chi connectivity index (χ2v) is 7.08. The first-order valence-corrected chi connectivity index (χ1v) is 9.50. The van der Waals surface area contributed by atoms with E-state index in [-0.39, 0.29) is 12.1 Å². The number of rotatable bonds is 6. The van der Waals surface area contributed by atoms with Crippen molar-refractivity contribution in [3.8, 4) is 0 Å². The highest BCUT2D eigenvalue weighted by Crippen LogP contribution is 2.21. The molecule has 0 bridgehead atoms. The van der Waals surface area contributed by atoms with Gasteiger partial charge in [0.15, 0.2) is 0 Å². The molecule has 0 aliphatic carbocycles. The Hall–Kier alpha value is -2.60. The second kappa shape index (κ2) is 9.37. The van der Waals surface area contributed by atoms with Gasteiger partial charge in [0.05, 0.1) is 19.3 Å². The van der Waals surface area contributed by atoms with Crippen LogP contribution in [0.25, 0.3) is 0 Å². The average Bonchev–Trinajstić information content (AvgIpc) is 2.72. The Kier molecular flexibility index (Phi) is 6.65. The van der Waals surface area contributed by atoms with Crippen LogP contribution in [-0.2, 0) is 11.3 Å². The summed E-state index contributed by atoms with van der Waals surface area (Å²) in [6.07, 6.45) is 1.79. The van der Waals surface area contributed by atoms with Crippen LogP contribution in [0.3, 0.4) is 0 Å². The van der Waals surface area contributed by atoms with E-state index < -0.39 is 0 Å². The van der Waals surface area contributed by atoms with Crippen LogP contribution >= 0.6 is 0 Å². The summed E-state index contributed by atoms with van der Waals surface area (Å²) in [6, 6.07) is 13.8. The second-order valence-electron chi connectivity index (χ2n) is 7.08. The van der Waals surface area contributed by atoms with Crippen LogP contribution in [-0.4, -0.2) is 37.3 Å². The zero-order valence-corrected chi connectivity index (χ0v) is 16.0. The zero-order valence-electron chi connectivity index (χ0n) is 16.0. The number of carbonyl (C=O) groups is 1. The van der Waals surface area contributed by atoms with Gasteiger partial charge >= 0.3 is 6.03 Å². The summed E-state index contributed by atoms with van der Waals surface area (Å²) in [5, 5.41) is 6.05. The molecule has 1 saturated heterocycles. The fraction of sp³-hybridized carbons (Fsp3) is 0.429. The number of nitrogens with one attached hydrogen (secondary N) is 2. The first-order chi connectivity index (χ1) is 13.1. The maximum Gasteiger partial charge on any atom is 0.315 e. The van der Waals surface area contributed by atoms with Crippen molar-refractivity contribution in [3.63, 3.8) is 0 Å². The Morgan fingerprint density at radius 2 is 1.93 bits per heavy atom. The third-order valence-corrected chi connectivity index (χ3v) is 4.71. The van der Waals surface area contributed by atoms with Crippen molar-refractivity contribution >= 4 is 11.8 Å². The van der Waals surface area contributed by atoms with Crippen LogP contribution < -0.4 is 15.5 Å². The molecule has 1 fully saturated rings. The minimum absolute atomic E-state index is 0.0208. The molecule has 3 rings (SSSR count). The van der Waals surface area contributed by atoms with Crippen molar-refractivity contribution in [1.29, 1.82) is 0 Å². The maximum absolute atomic E-state index is 12.4. The molecule has 0 spiro atoms. The van der Waals surface area contributed by atoms with Crippen LogP contribution in [0.4, 0.5) is 10.6 Å². The quantitative estimate of drug-likeness (QED) is 0.822. The lowest BCUT2D eigenvalue weighted by Gasteiger charge is -2.28. The third kappa shape index (κ3) is 5.44. The minimum atomic E-state index is -0.165. The number of nitrogens with zero attached hydrogens (tertiary/aromatic N) is 2. The normalized spacial score (nSPS) is 15.4. The Morgan fingerprint density at radius 1 is 1.19 bits per heavy atom. The summed E-state index contributed by atoms with van der Waals surface area (Å²) in [7, 11) is 0. The molecule has 0 radical (unpaired) electrons. The molecule has 6 nitrogen and oxygen atoms in total. The van der Waals surface area contributed by atoms with Gasteiger partial charge < -0.3 is 20.3 Å². The lowest BCUT2D eigenvalue weighted by atomic mass is 9.96. The monoisotopic (exact) mass is 368 g/mol. The van der Waals surface area contributed by atoms with Crippen molar-refractivity contribution in [3.05, 3.63) is 59.8 Å². The molecule has 144 valence electrons. The molecule has 27 heavy (non-hydrogen) atoms. The third-order valence-electron chi connectivity index (χ3n) is 4.71. The number of carbonyl (C=O) groups excluding carboxylic acids is 1. The lowest BCUT2D eigenvalue weighted by Crippen LogP contribution is -2.39. The van der Waals surface area contributed by atoms with E-state index in [4.69, 9.17) is 4.74 Å². The first kappa shape index (κ1) is 19.2. The summed E-state index contributed by atoms with van der Waals surface area (Å²) >= 11 is 0. The maximum atomic E-state index is 12.4. The van der Waals surface area contributed by atoms with Gasteiger partial charge in [-0.1, -0.05) is 44.2 Å². The van der Waals surface area contributed by atoms with Gasteiger partial charge in [-0.25, -0.2) is 9.78 Å². The number of hydrogen-bond acceptors (Lipinski definition) is 4. The van der Waals surface area contributed by atoms with Gasteiger partial charge in [-0.2, -0.15) is 0 Å². The van der Waals surface area contributed by atoms with E-state index in [1.807, 2.05) is 42.5 Å². The van der Waals surface area contributed by atoms with Crippen molar-refractivity contribution in [1.82, 2.24) is 15.6 Å². The van der Waals surface area contributed by atoms with Crippen molar-refractivity contribution < 1.29 is 9.53 Å². The molecule has 0 saturated carbocycles. The number of amides is 2. The molecule has 2 amide bonds. The van der Waals surface area contributed by atoms with E-state index in [2.05, 4.69) is 34.4 Å². The van der Waals surface area contributed by atoms with Gasteiger partial charge in [0.2, 0.25) is 0 Å². The predicted octanol–water partition coefficient (Wildman–Crippen LogP) is 3.11. The van der Waals surface area contributed by atoms with E-state index in [0.29, 0.717) is 12.5 Å². The zero-order chi connectivity index (χ0) is 19.1. The molecule has 1 aliphatic heterocycles. The number of anilines is 1. The molecule has 6 heteroatoms. The number of urea groups is 1. The van der Waals surface area contributed by atoms with Crippen LogP contribution in [0, 0.1) is 5.92 Å². The number of ether oxygens (including phenoxy) is 1. The predicted molar refractivity (Wildman–Crippen MR) is 107 cm³/mol. The fourth-order valence-electron chi connectivity index (χ4n) is 3.21. The summed E-state index contributed by atoms with van der Waals surface area (Å²) in [6.45, 7) is 7.82. The average molecular weight is 368 g/mol. The lowest BCUT2D eigenvalue weighted by molar-refractivity contribution is 0.122. The van der Waals surface area contributed by atoms with E-state index in [9.17, 15) is 4.79 Å². The topological polar surface area (TPSA) is 66.5 Å². The number of hydrogen-bond donors (Lipinski definition) is 2. The molecular weight excluding hydrogens is 340 g/mol. The Bertz CT molecular complexity index is 730. The van der Waals surface area contributed by atoms with Crippen LogP contribution in [0.15, 0.2) is 48.7 Å². The fourth-order valence-corrected chi connectivity index (χ4v) is 3.21. The molecular formula is C21H28N4O2. The SMILES string of the molecule is CC(C)[C@@H](NC(=O)NCc1ccnc(N2CCOCC2)c1)c1ccccc1.